The lowest BCUT2D eigenvalue weighted by atomic mass is 10.0. The maximum atomic E-state index is 13.2. The number of phosphoric acid groups is 2. The molecule has 0 amide bonds. The highest BCUT2D eigenvalue weighted by atomic mass is 31.2. The molecule has 0 aliphatic carbocycles. The fraction of sp³-hybridized carbons (Fsp3) is 0.955. The van der Waals surface area contributed by atoms with Crippen molar-refractivity contribution < 1.29 is 80.2 Å². The van der Waals surface area contributed by atoms with Gasteiger partial charge in [-0.25, -0.2) is 9.13 Å². The van der Waals surface area contributed by atoms with Gasteiger partial charge >= 0.3 is 39.5 Å². The first-order chi connectivity index (χ1) is 52.2. The summed E-state index contributed by atoms with van der Waals surface area (Å²) in [5, 5.41) is 10.7. The summed E-state index contributed by atoms with van der Waals surface area (Å²) in [5.74, 6) is 0.323. The number of hydrogen-bond acceptors (Lipinski definition) is 15. The van der Waals surface area contributed by atoms with Crippen LogP contribution in [0.4, 0.5) is 0 Å². The van der Waals surface area contributed by atoms with Gasteiger partial charge in [-0.15, -0.1) is 0 Å². The molecule has 0 fully saturated rings. The van der Waals surface area contributed by atoms with Gasteiger partial charge in [-0.2, -0.15) is 0 Å². The van der Waals surface area contributed by atoms with Crippen molar-refractivity contribution in [2.75, 3.05) is 39.6 Å². The summed E-state index contributed by atoms with van der Waals surface area (Å²) in [6.07, 6.45) is 70.7. The monoisotopic (exact) mass is 1580 g/mol. The minimum absolute atomic E-state index is 0.108. The summed E-state index contributed by atoms with van der Waals surface area (Å²) in [5.41, 5.74) is 0. The molecule has 2 unspecified atom stereocenters. The molecule has 0 rings (SSSR count). The van der Waals surface area contributed by atoms with Gasteiger partial charge in [-0.1, -0.05) is 421 Å². The van der Waals surface area contributed by atoms with E-state index in [0.717, 1.165) is 108 Å². The van der Waals surface area contributed by atoms with Gasteiger partial charge in [0.05, 0.1) is 26.4 Å². The number of aliphatic hydroxyl groups is 1. The lowest BCUT2D eigenvalue weighted by Crippen LogP contribution is -2.30. The summed E-state index contributed by atoms with van der Waals surface area (Å²) in [7, 11) is -9.93. The first kappa shape index (κ1) is 106. The molecule has 0 aliphatic rings. The fourth-order valence-corrected chi connectivity index (χ4v) is 15.5. The number of aliphatic hydroxyl groups excluding tert-OH is 1. The number of carbonyl (C=O) groups excluding carboxylic acids is 4. The summed E-state index contributed by atoms with van der Waals surface area (Å²) in [6.45, 7) is 12.1. The summed E-state index contributed by atoms with van der Waals surface area (Å²) >= 11 is 0. The lowest BCUT2D eigenvalue weighted by molar-refractivity contribution is -0.161. The molecular weight excluding hydrogens is 1400 g/mol. The molecule has 17 nitrogen and oxygen atoms in total. The van der Waals surface area contributed by atoms with E-state index in [-0.39, 0.29) is 25.7 Å². The minimum Gasteiger partial charge on any atom is -0.462 e. The molecule has 0 saturated carbocycles. The third kappa shape index (κ3) is 82.1. The average molecular weight is 1580 g/mol. The van der Waals surface area contributed by atoms with E-state index in [1.165, 1.54) is 283 Å². The Balaban J connectivity index is 5.25. The molecule has 0 aliphatic heterocycles. The van der Waals surface area contributed by atoms with Crippen LogP contribution in [-0.2, 0) is 65.4 Å². The Morgan fingerprint density at radius 3 is 0.630 bits per heavy atom. The Labute approximate surface area is 664 Å². The molecule has 642 valence electrons. The highest BCUT2D eigenvalue weighted by Gasteiger charge is 2.31. The highest BCUT2D eigenvalue weighted by Crippen LogP contribution is 2.45. The van der Waals surface area contributed by atoms with Crippen molar-refractivity contribution >= 4 is 39.5 Å². The van der Waals surface area contributed by atoms with Gasteiger partial charge in [-0.05, 0) is 43.4 Å². The van der Waals surface area contributed by atoms with Gasteiger partial charge in [0.25, 0.3) is 0 Å². The predicted molar refractivity (Wildman–Crippen MR) is 446 cm³/mol. The molecule has 0 spiro atoms. The summed E-state index contributed by atoms with van der Waals surface area (Å²) < 4.78 is 69.0. The van der Waals surface area contributed by atoms with E-state index < -0.39 is 97.5 Å². The summed E-state index contributed by atoms with van der Waals surface area (Å²) in [6, 6.07) is 0. The smallest absolute Gasteiger partial charge is 0.462 e. The number of ether oxygens (including phenoxy) is 4. The Hall–Kier alpha value is -1.94. The third-order valence-corrected chi connectivity index (χ3v) is 22.8. The zero-order valence-corrected chi connectivity index (χ0v) is 73.1. The van der Waals surface area contributed by atoms with E-state index in [1.54, 1.807) is 0 Å². The molecule has 108 heavy (non-hydrogen) atoms. The molecule has 0 bridgehead atoms. The zero-order valence-electron chi connectivity index (χ0n) is 71.3. The molecule has 0 radical (unpaired) electrons. The molecule has 0 aromatic rings. The molecule has 0 aromatic carbocycles. The second-order valence-corrected chi connectivity index (χ2v) is 36.3. The van der Waals surface area contributed by atoms with Crippen LogP contribution in [0.25, 0.3) is 0 Å². The van der Waals surface area contributed by atoms with Crippen molar-refractivity contribution in [3.8, 4) is 0 Å². The lowest BCUT2D eigenvalue weighted by Gasteiger charge is -2.21. The SMILES string of the molecule is CCCCCCCCCCCCCCC(=O)OC[C@H](COP(=O)(O)OC[C@H](O)COP(=O)(O)OC[C@@H](COC(=O)CCCCCCCCCCCCCCCCCC(C)C)OC(=O)CCCCCCCCCCCCCCCCCCCCC(C)C)OC(=O)CCCCCCCCCCCCCCCCC(C)C. The van der Waals surface area contributed by atoms with Gasteiger partial charge < -0.3 is 33.8 Å². The maximum Gasteiger partial charge on any atom is 0.472 e. The van der Waals surface area contributed by atoms with Gasteiger partial charge in [0.15, 0.2) is 12.2 Å². The van der Waals surface area contributed by atoms with Gasteiger partial charge in [0, 0.05) is 25.7 Å². The first-order valence-electron chi connectivity index (χ1n) is 45.8. The Morgan fingerprint density at radius 1 is 0.250 bits per heavy atom. The molecule has 19 heteroatoms. The minimum atomic E-state index is -4.97. The van der Waals surface area contributed by atoms with Crippen LogP contribution in [0.15, 0.2) is 0 Å². The molecule has 0 heterocycles. The average Bonchev–Trinajstić information content (AvgIpc) is 0.898. The van der Waals surface area contributed by atoms with E-state index in [4.69, 9.17) is 37.0 Å². The predicted octanol–water partition coefficient (Wildman–Crippen LogP) is 27.3. The van der Waals surface area contributed by atoms with E-state index in [9.17, 15) is 43.2 Å². The summed E-state index contributed by atoms with van der Waals surface area (Å²) in [4.78, 5) is 73.4. The number of unbranched alkanes of at least 4 members (excludes halogenated alkanes) is 55. The van der Waals surface area contributed by atoms with E-state index in [0.29, 0.717) is 25.7 Å². The first-order valence-corrected chi connectivity index (χ1v) is 48.8. The third-order valence-electron chi connectivity index (χ3n) is 20.9. The van der Waals surface area contributed by atoms with Crippen molar-refractivity contribution in [2.45, 2.75) is 491 Å². The Bertz CT molecular complexity index is 2080. The van der Waals surface area contributed by atoms with Crippen LogP contribution < -0.4 is 0 Å². The van der Waals surface area contributed by atoms with Gasteiger partial charge in [0.2, 0.25) is 0 Å². The number of phosphoric ester groups is 2. The molecule has 0 saturated heterocycles. The number of esters is 4. The molecule has 0 aromatic heterocycles. The van der Waals surface area contributed by atoms with Gasteiger partial charge in [-0.3, -0.25) is 37.3 Å². The van der Waals surface area contributed by atoms with Crippen LogP contribution in [0.5, 0.6) is 0 Å². The van der Waals surface area contributed by atoms with Crippen LogP contribution >= 0.6 is 15.6 Å². The fourth-order valence-electron chi connectivity index (χ4n) is 13.9. The number of hydrogen-bond donors (Lipinski definition) is 3. The highest BCUT2D eigenvalue weighted by molar-refractivity contribution is 7.47. The van der Waals surface area contributed by atoms with Crippen LogP contribution in [0.3, 0.4) is 0 Å². The quantitative estimate of drug-likeness (QED) is 0.0222. The second kappa shape index (κ2) is 78.9. The Kier molecular flexibility index (Phi) is 77.5. The van der Waals surface area contributed by atoms with E-state index in [2.05, 4.69) is 48.5 Å². The van der Waals surface area contributed by atoms with Gasteiger partial charge in [0.1, 0.15) is 19.3 Å². The molecule has 3 N–H and O–H groups in total. The zero-order chi connectivity index (χ0) is 79.3. The number of rotatable bonds is 87. The largest absolute Gasteiger partial charge is 0.472 e. The van der Waals surface area contributed by atoms with Crippen molar-refractivity contribution in [1.29, 1.82) is 0 Å². The van der Waals surface area contributed by atoms with Crippen molar-refractivity contribution in [2.24, 2.45) is 17.8 Å². The van der Waals surface area contributed by atoms with Crippen molar-refractivity contribution in [1.82, 2.24) is 0 Å². The van der Waals surface area contributed by atoms with Crippen LogP contribution in [-0.4, -0.2) is 96.7 Å². The standard InChI is InChI=1S/C89H174O17P2/c1-8-9-10-11-12-13-14-35-42-49-56-63-70-86(91)99-76-84(105-89(94)73-66-59-52-45-38-31-25-24-28-34-41-48-55-62-69-82(6)7)78-103-107(95,96)101-74-83(90)75-102-108(97,98)104-79-85(77-100-87(92)71-64-57-50-43-36-29-23-19-21-27-33-40-47-54-61-68-81(4)5)106-88(93)72-65-58-51-44-37-30-22-18-16-15-17-20-26-32-39-46-53-60-67-80(2)3/h80-85,90H,8-79H2,1-7H3,(H,95,96)(H,97,98)/t83-,84+,85+/m0/s1. The van der Waals surface area contributed by atoms with Crippen molar-refractivity contribution in [3.05, 3.63) is 0 Å². The maximum absolute atomic E-state index is 13.2. The van der Waals surface area contributed by atoms with Crippen LogP contribution in [0, 0.1) is 17.8 Å². The van der Waals surface area contributed by atoms with E-state index in [1.807, 2.05) is 0 Å². The normalized spacial score (nSPS) is 13.8. The topological polar surface area (TPSA) is 237 Å². The van der Waals surface area contributed by atoms with Crippen molar-refractivity contribution in [3.63, 3.8) is 0 Å². The van der Waals surface area contributed by atoms with Crippen LogP contribution in [0.2, 0.25) is 0 Å². The number of carbonyl (C=O) groups is 4. The molecule has 5 atom stereocenters. The second-order valence-electron chi connectivity index (χ2n) is 33.4. The van der Waals surface area contributed by atoms with Crippen LogP contribution in [0.1, 0.15) is 472 Å². The van der Waals surface area contributed by atoms with E-state index >= 15 is 0 Å². The Morgan fingerprint density at radius 2 is 0.426 bits per heavy atom. The molecular formula is C89H174O17P2.